The van der Waals surface area contributed by atoms with Crippen LogP contribution in [0.25, 0.3) is 0 Å². The van der Waals surface area contributed by atoms with Gasteiger partial charge in [0.1, 0.15) is 5.41 Å². The lowest BCUT2D eigenvalue weighted by Crippen LogP contribution is -2.57. The Morgan fingerprint density at radius 2 is 1.64 bits per heavy atom. The van der Waals surface area contributed by atoms with E-state index in [4.69, 9.17) is 9.47 Å². The molecule has 1 fully saturated rings. The van der Waals surface area contributed by atoms with Crippen molar-refractivity contribution in [1.82, 2.24) is 15.1 Å². The highest BCUT2D eigenvalue weighted by atomic mass is 16.7. The van der Waals surface area contributed by atoms with Gasteiger partial charge < -0.3 is 19.7 Å². The first kappa shape index (κ1) is 20.5. The predicted molar refractivity (Wildman–Crippen MR) is 106 cm³/mol. The number of carbonyl (C=O) groups is 2. The zero-order valence-corrected chi connectivity index (χ0v) is 17.5. The van der Waals surface area contributed by atoms with Crippen molar-refractivity contribution in [3.05, 3.63) is 23.8 Å². The lowest BCUT2D eigenvalue weighted by molar-refractivity contribution is -0.150. The Bertz CT molecular complexity index is 747. The number of ether oxygens (including phenoxy) is 2. The van der Waals surface area contributed by atoms with E-state index in [2.05, 4.69) is 10.2 Å². The predicted octanol–water partition coefficient (Wildman–Crippen LogP) is 2.00. The van der Waals surface area contributed by atoms with Gasteiger partial charge in [-0.3, -0.25) is 14.5 Å². The maximum Gasteiger partial charge on any atom is 0.237 e. The molecule has 0 bridgehead atoms. The van der Waals surface area contributed by atoms with Gasteiger partial charge in [0, 0.05) is 38.3 Å². The van der Waals surface area contributed by atoms with Crippen LogP contribution in [0.4, 0.5) is 0 Å². The Kier molecular flexibility index (Phi) is 5.57. The molecule has 0 saturated carbocycles. The average Bonchev–Trinajstić information content (AvgIpc) is 3.08. The van der Waals surface area contributed by atoms with Crippen molar-refractivity contribution >= 4 is 11.8 Å². The number of hydrogen-bond donors (Lipinski definition) is 1. The minimum Gasteiger partial charge on any atom is -0.454 e. The summed E-state index contributed by atoms with van der Waals surface area (Å²) in [6.07, 6.45) is 0. The molecule has 0 aliphatic carbocycles. The van der Waals surface area contributed by atoms with E-state index >= 15 is 0 Å². The number of benzene rings is 1. The van der Waals surface area contributed by atoms with Crippen LogP contribution in [-0.4, -0.2) is 60.1 Å². The van der Waals surface area contributed by atoms with Crippen molar-refractivity contribution in [3.63, 3.8) is 0 Å². The Morgan fingerprint density at radius 3 is 2.29 bits per heavy atom. The second kappa shape index (κ2) is 7.62. The molecule has 0 aromatic heterocycles. The molecular formula is C21H31N3O4. The van der Waals surface area contributed by atoms with Crippen molar-refractivity contribution in [3.8, 4) is 11.5 Å². The fourth-order valence-electron chi connectivity index (χ4n) is 3.40. The van der Waals surface area contributed by atoms with E-state index < -0.39 is 5.41 Å². The van der Waals surface area contributed by atoms with Gasteiger partial charge in [-0.1, -0.05) is 6.07 Å². The fourth-order valence-corrected chi connectivity index (χ4v) is 3.40. The topological polar surface area (TPSA) is 71.1 Å². The van der Waals surface area contributed by atoms with E-state index in [1.54, 1.807) is 18.7 Å². The molecule has 7 heteroatoms. The molecule has 154 valence electrons. The van der Waals surface area contributed by atoms with Gasteiger partial charge in [-0.2, -0.15) is 0 Å². The quantitative estimate of drug-likeness (QED) is 0.798. The number of hydrogen-bond acceptors (Lipinski definition) is 5. The van der Waals surface area contributed by atoms with Crippen LogP contribution in [0, 0.1) is 5.41 Å². The van der Waals surface area contributed by atoms with Gasteiger partial charge >= 0.3 is 0 Å². The largest absolute Gasteiger partial charge is 0.454 e. The lowest BCUT2D eigenvalue weighted by atomic mass is 9.88. The second-order valence-electron chi connectivity index (χ2n) is 9.09. The monoisotopic (exact) mass is 389 g/mol. The Hall–Kier alpha value is -2.28. The molecule has 0 atom stereocenters. The van der Waals surface area contributed by atoms with Gasteiger partial charge in [0.25, 0.3) is 0 Å². The van der Waals surface area contributed by atoms with E-state index in [9.17, 15) is 9.59 Å². The van der Waals surface area contributed by atoms with Gasteiger partial charge in [-0.05, 0) is 52.3 Å². The van der Waals surface area contributed by atoms with Crippen LogP contribution in [0.1, 0.15) is 40.2 Å². The molecule has 28 heavy (non-hydrogen) atoms. The van der Waals surface area contributed by atoms with Crippen LogP contribution in [0.5, 0.6) is 11.5 Å². The third-order valence-corrected chi connectivity index (χ3v) is 5.09. The third-order valence-electron chi connectivity index (χ3n) is 5.09. The minimum atomic E-state index is -1.08. The number of nitrogens with one attached hydrogen (secondary N) is 1. The van der Waals surface area contributed by atoms with E-state index in [-0.39, 0.29) is 24.1 Å². The zero-order chi connectivity index (χ0) is 20.5. The Labute approximate surface area is 167 Å². The molecule has 1 saturated heterocycles. The first-order valence-corrected chi connectivity index (χ1v) is 9.79. The van der Waals surface area contributed by atoms with E-state index in [0.29, 0.717) is 13.1 Å². The van der Waals surface area contributed by atoms with Crippen molar-refractivity contribution in [2.24, 2.45) is 5.41 Å². The van der Waals surface area contributed by atoms with Crippen molar-refractivity contribution < 1.29 is 19.1 Å². The number of piperazine rings is 1. The minimum absolute atomic E-state index is 0.114. The van der Waals surface area contributed by atoms with Gasteiger partial charge in [0.05, 0.1) is 0 Å². The summed E-state index contributed by atoms with van der Waals surface area (Å²) in [5.74, 6) is 1.23. The van der Waals surface area contributed by atoms with Crippen molar-refractivity contribution in [2.45, 2.75) is 46.7 Å². The SMILES string of the molecule is CC(C)(C)NC(=O)C(C)(C)C(=O)N1CCN(Cc2ccc3c(c2)OCO3)CC1. The summed E-state index contributed by atoms with van der Waals surface area (Å²) in [7, 11) is 0. The van der Waals surface area contributed by atoms with Crippen LogP contribution in [0.3, 0.4) is 0 Å². The number of amides is 2. The summed E-state index contributed by atoms with van der Waals surface area (Å²) in [4.78, 5) is 29.6. The summed E-state index contributed by atoms with van der Waals surface area (Å²) < 4.78 is 10.8. The van der Waals surface area contributed by atoms with Crippen LogP contribution in [0.2, 0.25) is 0 Å². The molecular weight excluding hydrogens is 358 g/mol. The maximum absolute atomic E-state index is 13.0. The van der Waals surface area contributed by atoms with Crippen LogP contribution >= 0.6 is 0 Å². The van der Waals surface area contributed by atoms with E-state index in [1.807, 2.05) is 39.0 Å². The molecule has 1 N–H and O–H groups in total. The lowest BCUT2D eigenvalue weighted by Gasteiger charge is -2.38. The summed E-state index contributed by atoms with van der Waals surface area (Å²) in [6.45, 7) is 13.0. The molecule has 2 heterocycles. The van der Waals surface area contributed by atoms with Gasteiger partial charge in [0.15, 0.2) is 11.5 Å². The highest BCUT2D eigenvalue weighted by Gasteiger charge is 2.41. The van der Waals surface area contributed by atoms with Gasteiger partial charge in [-0.15, -0.1) is 0 Å². The smallest absolute Gasteiger partial charge is 0.237 e. The molecule has 2 aliphatic rings. The third kappa shape index (κ3) is 4.58. The molecule has 1 aromatic rings. The maximum atomic E-state index is 13.0. The number of fused-ring (bicyclic) bond motifs is 1. The number of carbonyl (C=O) groups excluding carboxylic acids is 2. The second-order valence-corrected chi connectivity index (χ2v) is 9.09. The van der Waals surface area contributed by atoms with Crippen LogP contribution < -0.4 is 14.8 Å². The van der Waals surface area contributed by atoms with E-state index in [0.717, 1.165) is 36.7 Å². The number of rotatable bonds is 4. The molecule has 2 aliphatic heterocycles. The average molecular weight is 389 g/mol. The zero-order valence-electron chi connectivity index (χ0n) is 17.5. The standard InChI is InChI=1S/C21H31N3O4/c1-20(2,3)22-18(25)21(4,5)19(26)24-10-8-23(9-11-24)13-15-6-7-16-17(12-15)28-14-27-16/h6-7,12H,8-11,13-14H2,1-5H3,(H,22,25). The van der Waals surface area contributed by atoms with Crippen LogP contribution in [-0.2, 0) is 16.1 Å². The van der Waals surface area contributed by atoms with Gasteiger partial charge in [0.2, 0.25) is 18.6 Å². The highest BCUT2D eigenvalue weighted by Crippen LogP contribution is 2.33. The number of nitrogens with zero attached hydrogens (tertiary/aromatic N) is 2. The first-order valence-electron chi connectivity index (χ1n) is 9.79. The molecule has 0 spiro atoms. The molecule has 3 rings (SSSR count). The summed E-state index contributed by atoms with van der Waals surface area (Å²) in [5.41, 5.74) is -0.279. The summed E-state index contributed by atoms with van der Waals surface area (Å²) in [6, 6.07) is 6.00. The van der Waals surface area contributed by atoms with Crippen molar-refractivity contribution in [2.75, 3.05) is 33.0 Å². The van der Waals surface area contributed by atoms with Gasteiger partial charge in [-0.25, -0.2) is 0 Å². The molecule has 7 nitrogen and oxygen atoms in total. The Balaban J connectivity index is 1.54. The summed E-state index contributed by atoms with van der Waals surface area (Å²) in [5, 5.41) is 2.92. The molecule has 1 aromatic carbocycles. The van der Waals surface area contributed by atoms with E-state index in [1.165, 1.54) is 0 Å². The molecule has 0 unspecified atom stereocenters. The fraction of sp³-hybridized carbons (Fsp3) is 0.619. The molecule has 0 radical (unpaired) electrons. The van der Waals surface area contributed by atoms with Crippen LogP contribution in [0.15, 0.2) is 18.2 Å². The molecule has 2 amide bonds. The normalized spacial score (nSPS) is 17.5. The van der Waals surface area contributed by atoms with Crippen molar-refractivity contribution in [1.29, 1.82) is 0 Å². The Morgan fingerprint density at radius 1 is 1.00 bits per heavy atom. The first-order chi connectivity index (χ1) is 13.1. The summed E-state index contributed by atoms with van der Waals surface area (Å²) >= 11 is 0. The highest BCUT2D eigenvalue weighted by molar-refractivity contribution is 6.04.